The lowest BCUT2D eigenvalue weighted by molar-refractivity contribution is -0.157. The number of hydrogen-bond donors (Lipinski definition) is 5. The molecule has 3 heterocycles. The van der Waals surface area contributed by atoms with Crippen molar-refractivity contribution in [2.24, 2.45) is 17.8 Å². The van der Waals surface area contributed by atoms with Gasteiger partial charge in [0.2, 0.25) is 0 Å². The summed E-state index contributed by atoms with van der Waals surface area (Å²) in [6.07, 6.45) is 4.09. The normalized spacial score (nSPS) is 18.9. The second kappa shape index (κ2) is 24.3. The predicted molar refractivity (Wildman–Crippen MR) is 205 cm³/mol. The molecule has 0 spiro atoms. The minimum atomic E-state index is -0.586. The van der Waals surface area contributed by atoms with E-state index in [1.54, 1.807) is 30.6 Å². The zero-order valence-electron chi connectivity index (χ0n) is 33.9. The van der Waals surface area contributed by atoms with Crippen LogP contribution in [0.5, 0.6) is 0 Å². The molecule has 0 saturated carbocycles. The quantitative estimate of drug-likeness (QED) is 0.125. The maximum Gasteiger partial charge on any atom is 0.410 e. The molecule has 3 aliphatic heterocycles. The number of halogens is 1. The Kier molecular flexibility index (Phi) is 23.3. The van der Waals surface area contributed by atoms with E-state index in [0.717, 1.165) is 38.8 Å². The Morgan fingerprint density at radius 1 is 0.623 bits per heavy atom. The number of aliphatic hydroxyl groups is 4. The van der Waals surface area contributed by atoms with Crippen LogP contribution < -0.4 is 5.32 Å². The molecule has 2 amide bonds. The van der Waals surface area contributed by atoms with Gasteiger partial charge in [-0.05, 0) is 139 Å². The van der Waals surface area contributed by atoms with Crippen LogP contribution in [0.1, 0.15) is 120 Å². The van der Waals surface area contributed by atoms with Gasteiger partial charge in [-0.3, -0.25) is 9.59 Å². The van der Waals surface area contributed by atoms with E-state index in [9.17, 15) is 29.4 Å². The van der Waals surface area contributed by atoms with Crippen molar-refractivity contribution in [3.63, 3.8) is 0 Å². The van der Waals surface area contributed by atoms with E-state index in [1.165, 1.54) is 0 Å². The number of nitrogens with zero attached hydrogens (tertiary/aromatic N) is 2. The van der Waals surface area contributed by atoms with Gasteiger partial charge in [0.25, 0.3) is 0 Å². The highest BCUT2D eigenvalue weighted by molar-refractivity contribution is 5.97. The minimum absolute atomic E-state index is 0. The molecule has 2 atom stereocenters. The smallest absolute Gasteiger partial charge is 0.410 e. The van der Waals surface area contributed by atoms with Crippen molar-refractivity contribution in [3.05, 3.63) is 0 Å². The van der Waals surface area contributed by atoms with Crippen LogP contribution in [-0.4, -0.2) is 136 Å². The minimum Gasteiger partial charge on any atom is -0.460 e. The second-order valence-electron chi connectivity index (χ2n) is 17.0. The number of esters is 1. The van der Waals surface area contributed by atoms with Gasteiger partial charge in [-0.1, -0.05) is 0 Å². The third-order valence-electron chi connectivity index (χ3n) is 8.85. The molecule has 3 rings (SSSR count). The zero-order chi connectivity index (χ0) is 39.7. The number of nitrogens with one attached hydrogen (secondary N) is 1. The van der Waals surface area contributed by atoms with E-state index in [1.807, 2.05) is 41.5 Å². The molecule has 2 unspecified atom stereocenters. The van der Waals surface area contributed by atoms with Gasteiger partial charge < -0.3 is 49.8 Å². The number of Topliss-reactive ketones (excluding diaryl/α,β-unsaturated/α-hetero) is 1. The number of likely N-dealkylation sites (tertiary alicyclic amines) is 2. The topological polar surface area (TPSA) is 195 Å². The van der Waals surface area contributed by atoms with E-state index in [-0.39, 0.29) is 68.0 Å². The molecule has 5 N–H and O–H groups in total. The molecule has 0 radical (unpaired) electrons. The fourth-order valence-electron chi connectivity index (χ4n) is 6.13. The maximum atomic E-state index is 12.2. The highest BCUT2D eigenvalue weighted by atomic mass is 35.5. The van der Waals surface area contributed by atoms with Crippen LogP contribution in [0.2, 0.25) is 0 Å². The molecule has 0 bridgehead atoms. The number of amides is 2. The SMILES string of the molecule is CC(C)(C)OC(=O)CC(=O)C1CCN(C(=O)OC(C)(C)C)CC1.CC(C)(C)OC(=O)N1CCC(C(O)CCO)CC1.Cl.OCCC(O)C1CCNCC1. The number of rotatable bonds is 9. The second-order valence-corrected chi connectivity index (χ2v) is 17.0. The number of piperidine rings is 3. The van der Waals surface area contributed by atoms with Crippen molar-refractivity contribution >= 4 is 36.3 Å². The molecule has 3 saturated heterocycles. The lowest BCUT2D eigenvalue weighted by Crippen LogP contribution is -2.43. The Morgan fingerprint density at radius 3 is 1.34 bits per heavy atom. The molecular formula is C38H72ClN3O11. The molecule has 0 aromatic carbocycles. The first-order chi connectivity index (χ1) is 24.0. The molecule has 14 nitrogen and oxygen atoms in total. The Morgan fingerprint density at radius 2 is 0.981 bits per heavy atom. The predicted octanol–water partition coefficient (Wildman–Crippen LogP) is 4.46. The van der Waals surface area contributed by atoms with Crippen molar-refractivity contribution in [3.8, 4) is 0 Å². The average Bonchev–Trinajstić information content (AvgIpc) is 3.03. The largest absolute Gasteiger partial charge is 0.460 e. The standard InChI is InChI=1S/C17H29NO5.C13H25NO4.C8H17NO2.ClH/c1-16(2,3)22-14(20)11-13(19)12-7-9-18(10-8-12)15(21)23-17(4,5)6;1-13(2,3)18-12(17)14-7-4-10(5-8-14)11(16)6-9-15;10-6-3-8(11)7-1-4-9-5-2-7;/h12H,7-11H2,1-6H3;10-11,15-16H,4-9H2,1-3H3;7-11H,1-6H2;1H. The van der Waals surface area contributed by atoms with Gasteiger partial charge in [-0.25, -0.2) is 9.59 Å². The summed E-state index contributed by atoms with van der Waals surface area (Å²) >= 11 is 0. The first-order valence-corrected chi connectivity index (χ1v) is 19.0. The summed E-state index contributed by atoms with van der Waals surface area (Å²) in [7, 11) is 0. The van der Waals surface area contributed by atoms with Crippen LogP contribution >= 0.6 is 12.4 Å². The first-order valence-electron chi connectivity index (χ1n) is 19.0. The number of ketones is 1. The van der Waals surface area contributed by atoms with Gasteiger partial charge in [0.15, 0.2) is 0 Å². The molecule has 312 valence electrons. The van der Waals surface area contributed by atoms with E-state index in [2.05, 4.69) is 5.32 Å². The summed E-state index contributed by atoms with van der Waals surface area (Å²) in [6.45, 7) is 20.6. The fraction of sp³-hybridized carbons (Fsp3) is 0.895. The molecule has 0 aromatic heterocycles. The van der Waals surface area contributed by atoms with E-state index in [4.69, 9.17) is 24.4 Å². The summed E-state index contributed by atoms with van der Waals surface area (Å²) in [5, 5.41) is 39.9. The molecule has 3 aliphatic rings. The lowest BCUT2D eigenvalue weighted by Gasteiger charge is -2.35. The molecular weight excluding hydrogens is 710 g/mol. The zero-order valence-corrected chi connectivity index (χ0v) is 34.7. The number of ether oxygens (including phenoxy) is 3. The monoisotopic (exact) mass is 781 g/mol. The molecule has 3 fully saturated rings. The lowest BCUT2D eigenvalue weighted by atomic mass is 9.90. The van der Waals surface area contributed by atoms with Gasteiger partial charge in [-0.2, -0.15) is 0 Å². The van der Waals surface area contributed by atoms with Crippen LogP contribution in [0, 0.1) is 17.8 Å². The highest BCUT2D eigenvalue weighted by Crippen LogP contribution is 2.25. The van der Waals surface area contributed by atoms with Crippen molar-refractivity contribution < 1.29 is 53.8 Å². The molecule has 0 aliphatic carbocycles. The number of hydrogen-bond acceptors (Lipinski definition) is 12. The van der Waals surface area contributed by atoms with E-state index in [0.29, 0.717) is 57.8 Å². The van der Waals surface area contributed by atoms with Crippen LogP contribution in [0.15, 0.2) is 0 Å². The van der Waals surface area contributed by atoms with Gasteiger partial charge in [0.05, 0.1) is 12.2 Å². The summed E-state index contributed by atoms with van der Waals surface area (Å²) < 4.78 is 15.8. The van der Waals surface area contributed by atoms with Gasteiger partial charge in [0.1, 0.15) is 29.0 Å². The number of carbonyl (C=O) groups excluding carboxylic acids is 4. The number of carbonyl (C=O) groups is 4. The number of aliphatic hydroxyl groups excluding tert-OH is 4. The Balaban J connectivity index is 0.000000802. The maximum absolute atomic E-state index is 12.2. The van der Waals surface area contributed by atoms with Crippen LogP contribution in [0.25, 0.3) is 0 Å². The first kappa shape index (κ1) is 50.8. The third-order valence-corrected chi connectivity index (χ3v) is 8.85. The van der Waals surface area contributed by atoms with Crippen molar-refractivity contribution in [1.29, 1.82) is 0 Å². The van der Waals surface area contributed by atoms with Crippen molar-refractivity contribution in [2.45, 2.75) is 149 Å². The summed E-state index contributed by atoms with van der Waals surface area (Å²) in [5.74, 6) is -0.208. The summed E-state index contributed by atoms with van der Waals surface area (Å²) in [6, 6.07) is 0. The Labute approximate surface area is 324 Å². The van der Waals surface area contributed by atoms with Gasteiger partial charge in [-0.15, -0.1) is 12.4 Å². The van der Waals surface area contributed by atoms with Crippen LogP contribution in [-0.2, 0) is 23.8 Å². The fourth-order valence-corrected chi connectivity index (χ4v) is 6.13. The molecule has 53 heavy (non-hydrogen) atoms. The third kappa shape index (κ3) is 22.7. The Bertz CT molecular complexity index is 1070. The van der Waals surface area contributed by atoms with Crippen LogP contribution in [0.4, 0.5) is 9.59 Å². The van der Waals surface area contributed by atoms with E-state index < -0.39 is 28.9 Å². The van der Waals surface area contributed by atoms with Gasteiger partial charge >= 0.3 is 18.2 Å². The summed E-state index contributed by atoms with van der Waals surface area (Å²) in [4.78, 5) is 51.0. The average molecular weight is 782 g/mol. The highest BCUT2D eigenvalue weighted by Gasteiger charge is 2.32. The van der Waals surface area contributed by atoms with Crippen LogP contribution in [0.3, 0.4) is 0 Å². The van der Waals surface area contributed by atoms with Crippen molar-refractivity contribution in [2.75, 3.05) is 52.5 Å². The van der Waals surface area contributed by atoms with Crippen molar-refractivity contribution in [1.82, 2.24) is 15.1 Å². The molecule has 15 heteroatoms. The molecule has 0 aromatic rings. The van der Waals surface area contributed by atoms with E-state index >= 15 is 0 Å². The Hall–Kier alpha value is -2.23. The summed E-state index contributed by atoms with van der Waals surface area (Å²) in [5.41, 5.74) is -1.58. The van der Waals surface area contributed by atoms with Gasteiger partial charge in [0, 0.05) is 45.3 Å².